The standard InChI is InChI=1S/C16H33N3O/c1-6-18(7-2)8-9-19(12-13(3)4)16(20)15-11-17-10-14(15)5/h13-15,17H,6-12H2,1-5H3/t14-,15-/m1/s1. The molecule has 20 heavy (non-hydrogen) atoms. The van der Waals surface area contributed by atoms with Crippen molar-refractivity contribution in [3.05, 3.63) is 0 Å². The van der Waals surface area contributed by atoms with E-state index in [0.717, 1.165) is 45.8 Å². The van der Waals surface area contributed by atoms with Gasteiger partial charge in [0.1, 0.15) is 0 Å². The molecule has 0 aromatic carbocycles. The van der Waals surface area contributed by atoms with E-state index >= 15 is 0 Å². The number of carbonyl (C=O) groups excluding carboxylic acids is 1. The molecule has 1 rings (SSSR count). The monoisotopic (exact) mass is 283 g/mol. The Labute approximate surface area is 124 Å². The van der Waals surface area contributed by atoms with Crippen molar-refractivity contribution in [3.63, 3.8) is 0 Å². The maximum atomic E-state index is 12.7. The number of nitrogens with zero attached hydrogens (tertiary/aromatic N) is 2. The van der Waals surface area contributed by atoms with Crippen molar-refractivity contribution >= 4 is 5.91 Å². The number of amides is 1. The lowest BCUT2D eigenvalue weighted by molar-refractivity contribution is -0.136. The molecule has 0 spiro atoms. The van der Waals surface area contributed by atoms with Gasteiger partial charge in [-0.3, -0.25) is 4.79 Å². The lowest BCUT2D eigenvalue weighted by atomic mass is 9.96. The van der Waals surface area contributed by atoms with Gasteiger partial charge in [0, 0.05) is 26.2 Å². The minimum absolute atomic E-state index is 0.172. The van der Waals surface area contributed by atoms with E-state index in [-0.39, 0.29) is 5.92 Å². The van der Waals surface area contributed by atoms with E-state index in [1.165, 1.54) is 0 Å². The first-order valence-electron chi connectivity index (χ1n) is 8.21. The Morgan fingerprint density at radius 1 is 1.20 bits per heavy atom. The van der Waals surface area contributed by atoms with Crippen LogP contribution in [0.15, 0.2) is 0 Å². The summed E-state index contributed by atoms with van der Waals surface area (Å²) in [5, 5.41) is 3.34. The summed E-state index contributed by atoms with van der Waals surface area (Å²) in [4.78, 5) is 17.2. The third-order valence-electron chi connectivity index (χ3n) is 4.31. The van der Waals surface area contributed by atoms with Gasteiger partial charge in [-0.25, -0.2) is 0 Å². The van der Waals surface area contributed by atoms with E-state index in [0.29, 0.717) is 17.7 Å². The highest BCUT2D eigenvalue weighted by molar-refractivity contribution is 5.79. The summed E-state index contributed by atoms with van der Waals surface area (Å²) >= 11 is 0. The van der Waals surface area contributed by atoms with Crippen LogP contribution in [0.5, 0.6) is 0 Å². The highest BCUT2D eigenvalue weighted by Gasteiger charge is 2.32. The molecule has 1 aliphatic heterocycles. The van der Waals surface area contributed by atoms with Crippen molar-refractivity contribution in [2.45, 2.75) is 34.6 Å². The fourth-order valence-electron chi connectivity index (χ4n) is 2.91. The minimum atomic E-state index is 0.172. The molecule has 1 fully saturated rings. The summed E-state index contributed by atoms with van der Waals surface area (Å²) in [6, 6.07) is 0. The smallest absolute Gasteiger partial charge is 0.227 e. The van der Waals surface area contributed by atoms with Crippen LogP contribution in [-0.2, 0) is 4.79 Å². The van der Waals surface area contributed by atoms with Crippen LogP contribution < -0.4 is 5.32 Å². The van der Waals surface area contributed by atoms with Crippen molar-refractivity contribution < 1.29 is 4.79 Å². The molecular weight excluding hydrogens is 250 g/mol. The van der Waals surface area contributed by atoms with Crippen molar-refractivity contribution in [1.29, 1.82) is 0 Å². The predicted molar refractivity (Wildman–Crippen MR) is 84.7 cm³/mol. The summed E-state index contributed by atoms with van der Waals surface area (Å²) in [5.41, 5.74) is 0. The number of nitrogens with one attached hydrogen (secondary N) is 1. The molecule has 1 N–H and O–H groups in total. The molecule has 4 nitrogen and oxygen atoms in total. The topological polar surface area (TPSA) is 35.6 Å². The van der Waals surface area contributed by atoms with Crippen LogP contribution in [0.2, 0.25) is 0 Å². The van der Waals surface area contributed by atoms with Crippen molar-refractivity contribution in [1.82, 2.24) is 15.1 Å². The first kappa shape index (κ1) is 17.4. The Bertz CT molecular complexity index is 289. The molecule has 0 bridgehead atoms. The van der Waals surface area contributed by atoms with Gasteiger partial charge >= 0.3 is 0 Å². The lowest BCUT2D eigenvalue weighted by Gasteiger charge is -2.30. The zero-order valence-corrected chi connectivity index (χ0v) is 14.0. The zero-order chi connectivity index (χ0) is 15.1. The molecule has 1 saturated heterocycles. The van der Waals surface area contributed by atoms with Gasteiger partial charge in [0.15, 0.2) is 0 Å². The average Bonchev–Trinajstić information content (AvgIpc) is 2.83. The first-order valence-corrected chi connectivity index (χ1v) is 8.21. The summed E-state index contributed by atoms with van der Waals surface area (Å²) in [5.74, 6) is 1.51. The number of hydrogen-bond acceptors (Lipinski definition) is 3. The second kappa shape index (κ2) is 8.63. The van der Waals surface area contributed by atoms with Crippen molar-refractivity contribution in [3.8, 4) is 0 Å². The molecule has 4 heteroatoms. The molecule has 1 aliphatic rings. The Balaban J connectivity index is 2.60. The van der Waals surface area contributed by atoms with Crippen LogP contribution in [0.1, 0.15) is 34.6 Å². The van der Waals surface area contributed by atoms with Gasteiger partial charge < -0.3 is 15.1 Å². The molecule has 0 unspecified atom stereocenters. The number of carbonyl (C=O) groups is 1. The predicted octanol–water partition coefficient (Wildman–Crippen LogP) is 1.67. The number of hydrogen-bond donors (Lipinski definition) is 1. The zero-order valence-electron chi connectivity index (χ0n) is 14.0. The highest BCUT2D eigenvalue weighted by atomic mass is 16.2. The van der Waals surface area contributed by atoms with Crippen LogP contribution in [0.3, 0.4) is 0 Å². The Morgan fingerprint density at radius 3 is 2.30 bits per heavy atom. The molecule has 1 amide bonds. The molecule has 2 atom stereocenters. The van der Waals surface area contributed by atoms with Crippen molar-refractivity contribution in [2.24, 2.45) is 17.8 Å². The summed E-state index contributed by atoms with van der Waals surface area (Å²) < 4.78 is 0. The Kier molecular flexibility index (Phi) is 7.52. The molecule has 0 saturated carbocycles. The van der Waals surface area contributed by atoms with E-state index in [9.17, 15) is 4.79 Å². The maximum absolute atomic E-state index is 12.7. The highest BCUT2D eigenvalue weighted by Crippen LogP contribution is 2.19. The summed E-state index contributed by atoms with van der Waals surface area (Å²) in [6.07, 6.45) is 0. The summed E-state index contributed by atoms with van der Waals surface area (Å²) in [6.45, 7) is 17.6. The number of rotatable bonds is 8. The van der Waals surface area contributed by atoms with Crippen LogP contribution >= 0.6 is 0 Å². The van der Waals surface area contributed by atoms with Crippen molar-refractivity contribution in [2.75, 3.05) is 45.8 Å². The molecule has 0 radical (unpaired) electrons. The van der Waals surface area contributed by atoms with Gasteiger partial charge in [0.05, 0.1) is 5.92 Å². The first-order chi connectivity index (χ1) is 9.49. The number of likely N-dealkylation sites (N-methyl/N-ethyl adjacent to an activating group) is 1. The maximum Gasteiger partial charge on any atom is 0.227 e. The SMILES string of the molecule is CCN(CC)CCN(CC(C)C)C(=O)[C@@H]1CNC[C@H]1C. The van der Waals surface area contributed by atoms with Crippen LogP contribution in [0, 0.1) is 17.8 Å². The molecule has 0 aromatic rings. The van der Waals surface area contributed by atoms with Gasteiger partial charge in [0.25, 0.3) is 0 Å². The second-order valence-electron chi connectivity index (χ2n) is 6.45. The largest absolute Gasteiger partial charge is 0.341 e. The third-order valence-corrected chi connectivity index (χ3v) is 4.31. The van der Waals surface area contributed by atoms with Gasteiger partial charge in [-0.05, 0) is 31.5 Å². The fourth-order valence-corrected chi connectivity index (χ4v) is 2.91. The van der Waals surface area contributed by atoms with Gasteiger partial charge in [-0.1, -0.05) is 34.6 Å². The van der Waals surface area contributed by atoms with Gasteiger partial charge in [-0.2, -0.15) is 0 Å². The van der Waals surface area contributed by atoms with Crippen LogP contribution in [-0.4, -0.2) is 61.5 Å². The van der Waals surface area contributed by atoms with E-state index < -0.39 is 0 Å². The van der Waals surface area contributed by atoms with Crippen LogP contribution in [0.4, 0.5) is 0 Å². The fraction of sp³-hybridized carbons (Fsp3) is 0.938. The Morgan fingerprint density at radius 2 is 1.85 bits per heavy atom. The third kappa shape index (κ3) is 5.06. The normalized spacial score (nSPS) is 22.8. The summed E-state index contributed by atoms with van der Waals surface area (Å²) in [7, 11) is 0. The molecule has 1 heterocycles. The molecule has 118 valence electrons. The quantitative estimate of drug-likeness (QED) is 0.736. The molecule has 0 aliphatic carbocycles. The van der Waals surface area contributed by atoms with E-state index in [2.05, 4.69) is 49.7 Å². The van der Waals surface area contributed by atoms with Crippen LogP contribution in [0.25, 0.3) is 0 Å². The molecular formula is C16H33N3O. The van der Waals surface area contributed by atoms with E-state index in [4.69, 9.17) is 0 Å². The Hall–Kier alpha value is -0.610. The lowest BCUT2D eigenvalue weighted by Crippen LogP contribution is -2.44. The van der Waals surface area contributed by atoms with E-state index in [1.54, 1.807) is 0 Å². The molecule has 0 aromatic heterocycles. The average molecular weight is 283 g/mol. The van der Waals surface area contributed by atoms with E-state index in [1.807, 2.05) is 0 Å². The van der Waals surface area contributed by atoms with Gasteiger partial charge in [-0.15, -0.1) is 0 Å². The van der Waals surface area contributed by atoms with Gasteiger partial charge in [0.2, 0.25) is 5.91 Å². The minimum Gasteiger partial charge on any atom is -0.341 e. The second-order valence-corrected chi connectivity index (χ2v) is 6.45.